The third kappa shape index (κ3) is 4.15. The average Bonchev–Trinajstić information content (AvgIpc) is 2.50. The molecule has 0 saturated carbocycles. The Morgan fingerprint density at radius 2 is 1.50 bits per heavy atom. The highest BCUT2D eigenvalue weighted by Gasteiger charge is 2.06. The van der Waals surface area contributed by atoms with E-state index in [2.05, 4.69) is 10.6 Å². The van der Waals surface area contributed by atoms with Crippen LogP contribution in [0.3, 0.4) is 0 Å². The largest absolute Gasteiger partial charge is 0.325 e. The van der Waals surface area contributed by atoms with Crippen LogP contribution in [-0.4, -0.2) is 11.8 Å². The molecule has 0 bridgehead atoms. The van der Waals surface area contributed by atoms with E-state index in [1.807, 2.05) is 0 Å². The summed E-state index contributed by atoms with van der Waals surface area (Å²) in [6.45, 7) is 0. The molecule has 22 heavy (non-hydrogen) atoms. The molecule has 0 aromatic heterocycles. The van der Waals surface area contributed by atoms with E-state index in [4.69, 9.17) is 5.26 Å². The lowest BCUT2D eigenvalue weighted by Crippen LogP contribution is -2.12. The van der Waals surface area contributed by atoms with Gasteiger partial charge in [0, 0.05) is 16.9 Å². The van der Waals surface area contributed by atoms with Crippen LogP contribution in [0.1, 0.15) is 16.8 Å². The minimum atomic E-state index is -0.408. The summed E-state index contributed by atoms with van der Waals surface area (Å²) >= 11 is 0. The number of nitrogens with one attached hydrogen (secondary N) is 2. The van der Waals surface area contributed by atoms with Crippen molar-refractivity contribution in [1.29, 1.82) is 5.26 Å². The van der Waals surface area contributed by atoms with Crippen LogP contribution in [-0.2, 0) is 4.79 Å². The number of hydrogen-bond acceptors (Lipinski definition) is 3. The van der Waals surface area contributed by atoms with Crippen molar-refractivity contribution in [3.05, 3.63) is 59.9 Å². The minimum absolute atomic E-state index is 0.219. The molecule has 2 rings (SSSR count). The summed E-state index contributed by atoms with van der Waals surface area (Å²) in [6, 6.07) is 13.4. The van der Waals surface area contributed by atoms with Crippen molar-refractivity contribution in [2.24, 2.45) is 0 Å². The fraction of sp³-hybridized carbons (Fsp3) is 0.0625. The molecule has 0 unspecified atom stereocenters. The quantitative estimate of drug-likeness (QED) is 0.910. The molecule has 2 amide bonds. The highest BCUT2D eigenvalue weighted by Crippen LogP contribution is 2.15. The Balaban J connectivity index is 1.99. The van der Waals surface area contributed by atoms with Gasteiger partial charge < -0.3 is 10.6 Å². The molecule has 2 aromatic rings. The number of carbonyl (C=O) groups is 2. The molecule has 0 atom stereocenters. The fourth-order valence-corrected chi connectivity index (χ4v) is 1.72. The predicted octanol–water partition coefficient (Wildman–Crippen LogP) is 2.93. The van der Waals surface area contributed by atoms with Gasteiger partial charge in [-0.2, -0.15) is 5.26 Å². The van der Waals surface area contributed by atoms with Crippen LogP contribution in [0.4, 0.5) is 15.8 Å². The molecule has 0 heterocycles. The SMILES string of the molecule is N#CCC(=O)Nc1ccc(NC(=O)c2ccc(F)cc2)cc1. The molecule has 0 aliphatic rings. The van der Waals surface area contributed by atoms with E-state index in [0.717, 1.165) is 0 Å². The second-order valence-corrected chi connectivity index (χ2v) is 4.42. The molecule has 0 aliphatic carbocycles. The van der Waals surface area contributed by atoms with Gasteiger partial charge in [-0.05, 0) is 48.5 Å². The molecular weight excluding hydrogens is 285 g/mol. The number of carbonyl (C=O) groups excluding carboxylic acids is 2. The van der Waals surface area contributed by atoms with E-state index < -0.39 is 11.7 Å². The zero-order chi connectivity index (χ0) is 15.9. The first-order valence-electron chi connectivity index (χ1n) is 6.42. The van der Waals surface area contributed by atoms with Gasteiger partial charge in [0.2, 0.25) is 5.91 Å². The maximum Gasteiger partial charge on any atom is 0.255 e. The van der Waals surface area contributed by atoms with Crippen LogP contribution in [0.5, 0.6) is 0 Å². The van der Waals surface area contributed by atoms with E-state index in [1.54, 1.807) is 30.3 Å². The van der Waals surface area contributed by atoms with E-state index in [-0.39, 0.29) is 12.3 Å². The first-order chi connectivity index (χ1) is 10.6. The minimum Gasteiger partial charge on any atom is -0.325 e. The summed E-state index contributed by atoms with van der Waals surface area (Å²) < 4.78 is 12.8. The Kier molecular flexibility index (Phi) is 4.83. The molecular formula is C16H12FN3O2. The number of nitrogens with zero attached hydrogens (tertiary/aromatic N) is 1. The van der Waals surface area contributed by atoms with Crippen molar-refractivity contribution in [3.8, 4) is 6.07 Å². The van der Waals surface area contributed by atoms with Crippen molar-refractivity contribution < 1.29 is 14.0 Å². The van der Waals surface area contributed by atoms with Crippen molar-refractivity contribution >= 4 is 23.2 Å². The third-order valence-electron chi connectivity index (χ3n) is 2.77. The van der Waals surface area contributed by atoms with Crippen LogP contribution in [0.15, 0.2) is 48.5 Å². The summed E-state index contributed by atoms with van der Waals surface area (Å²) in [5.41, 5.74) is 1.40. The molecule has 0 fully saturated rings. The number of nitriles is 1. The topological polar surface area (TPSA) is 82.0 Å². The van der Waals surface area contributed by atoms with Gasteiger partial charge in [-0.1, -0.05) is 0 Å². The predicted molar refractivity (Wildman–Crippen MR) is 79.7 cm³/mol. The van der Waals surface area contributed by atoms with Crippen molar-refractivity contribution in [3.63, 3.8) is 0 Å². The Hall–Kier alpha value is -3.20. The van der Waals surface area contributed by atoms with Crippen LogP contribution >= 0.6 is 0 Å². The fourth-order valence-electron chi connectivity index (χ4n) is 1.72. The molecule has 5 nitrogen and oxygen atoms in total. The van der Waals surface area contributed by atoms with Crippen LogP contribution in [0.2, 0.25) is 0 Å². The molecule has 0 radical (unpaired) electrons. The van der Waals surface area contributed by atoms with Gasteiger partial charge in [0.25, 0.3) is 5.91 Å². The summed E-state index contributed by atoms with van der Waals surface area (Å²) in [6.07, 6.45) is -0.219. The lowest BCUT2D eigenvalue weighted by molar-refractivity contribution is -0.115. The number of rotatable bonds is 4. The van der Waals surface area contributed by atoms with Gasteiger partial charge in [-0.3, -0.25) is 9.59 Å². The van der Waals surface area contributed by atoms with E-state index in [9.17, 15) is 14.0 Å². The number of amides is 2. The van der Waals surface area contributed by atoms with Gasteiger partial charge in [0.15, 0.2) is 0 Å². The van der Waals surface area contributed by atoms with Gasteiger partial charge in [-0.15, -0.1) is 0 Å². The second-order valence-electron chi connectivity index (χ2n) is 4.42. The normalized spacial score (nSPS) is 9.64. The second kappa shape index (κ2) is 6.99. The number of hydrogen-bond donors (Lipinski definition) is 2. The molecule has 2 N–H and O–H groups in total. The van der Waals surface area contributed by atoms with Gasteiger partial charge >= 0.3 is 0 Å². The maximum absolute atomic E-state index is 12.8. The van der Waals surface area contributed by atoms with E-state index in [0.29, 0.717) is 16.9 Å². The Morgan fingerprint density at radius 1 is 0.955 bits per heavy atom. The summed E-state index contributed by atoms with van der Waals surface area (Å²) in [5.74, 6) is -1.17. The monoisotopic (exact) mass is 297 g/mol. The van der Waals surface area contributed by atoms with E-state index >= 15 is 0 Å². The standard InChI is InChI=1S/C16H12FN3O2/c17-12-3-1-11(2-4-12)16(22)20-14-7-5-13(6-8-14)19-15(21)9-10-18/h1-8H,9H2,(H,19,21)(H,20,22). The van der Waals surface area contributed by atoms with Gasteiger partial charge in [0.1, 0.15) is 12.2 Å². The Labute approximate surface area is 126 Å². The molecule has 0 spiro atoms. The first kappa shape index (κ1) is 15.2. The Bertz CT molecular complexity index is 719. The number of anilines is 2. The van der Waals surface area contributed by atoms with Crippen LogP contribution < -0.4 is 10.6 Å². The van der Waals surface area contributed by atoms with Gasteiger partial charge in [-0.25, -0.2) is 4.39 Å². The average molecular weight is 297 g/mol. The van der Waals surface area contributed by atoms with Gasteiger partial charge in [0.05, 0.1) is 6.07 Å². The summed E-state index contributed by atoms with van der Waals surface area (Å²) in [4.78, 5) is 23.2. The number of benzene rings is 2. The zero-order valence-corrected chi connectivity index (χ0v) is 11.5. The molecule has 0 aliphatic heterocycles. The lowest BCUT2D eigenvalue weighted by Gasteiger charge is -2.07. The van der Waals surface area contributed by atoms with Crippen molar-refractivity contribution in [2.45, 2.75) is 6.42 Å². The highest BCUT2D eigenvalue weighted by molar-refractivity contribution is 6.04. The molecule has 110 valence electrons. The van der Waals surface area contributed by atoms with E-state index in [1.165, 1.54) is 24.3 Å². The molecule has 0 saturated heterocycles. The smallest absolute Gasteiger partial charge is 0.255 e. The zero-order valence-electron chi connectivity index (χ0n) is 11.5. The summed E-state index contributed by atoms with van der Waals surface area (Å²) in [7, 11) is 0. The third-order valence-corrected chi connectivity index (χ3v) is 2.77. The van der Waals surface area contributed by atoms with Crippen LogP contribution in [0, 0.1) is 17.1 Å². The summed E-state index contributed by atoms with van der Waals surface area (Å²) in [5, 5.41) is 13.6. The maximum atomic E-state index is 12.8. The van der Waals surface area contributed by atoms with Crippen molar-refractivity contribution in [2.75, 3.05) is 10.6 Å². The molecule has 2 aromatic carbocycles. The number of halogens is 1. The van der Waals surface area contributed by atoms with Crippen molar-refractivity contribution in [1.82, 2.24) is 0 Å². The van der Waals surface area contributed by atoms with Crippen LogP contribution in [0.25, 0.3) is 0 Å². The lowest BCUT2D eigenvalue weighted by atomic mass is 10.2. The highest BCUT2D eigenvalue weighted by atomic mass is 19.1. The Morgan fingerprint density at radius 3 is 2.05 bits per heavy atom. The molecule has 6 heteroatoms. The first-order valence-corrected chi connectivity index (χ1v) is 6.42.